The van der Waals surface area contributed by atoms with Gasteiger partial charge in [-0.25, -0.2) is 4.39 Å². The van der Waals surface area contributed by atoms with E-state index in [1.807, 2.05) is 0 Å². The number of carbonyl (C=O) groups excluding carboxylic acids is 1. The van der Waals surface area contributed by atoms with Gasteiger partial charge < -0.3 is 15.8 Å². The fourth-order valence-electron chi connectivity index (χ4n) is 1.99. The van der Waals surface area contributed by atoms with Gasteiger partial charge >= 0.3 is 0 Å². The summed E-state index contributed by atoms with van der Waals surface area (Å²) in [5.74, 6) is -1.52. The van der Waals surface area contributed by atoms with E-state index in [0.29, 0.717) is 13.2 Å². The van der Waals surface area contributed by atoms with Gasteiger partial charge in [-0.05, 0) is 18.9 Å². The zero-order valence-electron chi connectivity index (χ0n) is 10.6. The number of para-hydroxylation sites is 1. The summed E-state index contributed by atoms with van der Waals surface area (Å²) in [6.45, 7) is 0.645. The molecule has 7 nitrogen and oxygen atoms in total. The van der Waals surface area contributed by atoms with Crippen LogP contribution in [0.4, 0.5) is 15.8 Å². The van der Waals surface area contributed by atoms with Crippen molar-refractivity contribution >= 4 is 17.3 Å². The minimum atomic E-state index is -1.20. The van der Waals surface area contributed by atoms with Crippen LogP contribution < -0.4 is 11.1 Å². The van der Waals surface area contributed by atoms with Crippen molar-refractivity contribution in [3.8, 4) is 0 Å². The Bertz CT molecular complexity index is 544. The largest absolute Gasteiger partial charge is 0.381 e. The maximum absolute atomic E-state index is 13.7. The molecular formula is C12H14FN3O4. The molecule has 0 aromatic heterocycles. The Labute approximate surface area is 114 Å². The number of halogens is 1. The zero-order chi connectivity index (χ0) is 14.8. The number of amides is 1. The normalized spacial score (nSPS) is 17.5. The molecule has 1 fully saturated rings. The Kier molecular flexibility index (Phi) is 3.96. The molecule has 2 rings (SSSR count). The lowest BCUT2D eigenvalue weighted by molar-refractivity contribution is -0.384. The first-order chi connectivity index (χ1) is 9.44. The number of nitrogens with zero attached hydrogens (tertiary/aromatic N) is 1. The summed E-state index contributed by atoms with van der Waals surface area (Å²) in [6.07, 6.45) is 0.558. The number of carbonyl (C=O) groups is 1. The van der Waals surface area contributed by atoms with Gasteiger partial charge in [-0.2, -0.15) is 0 Å². The van der Waals surface area contributed by atoms with Crippen LogP contribution in [0.1, 0.15) is 12.8 Å². The molecule has 0 bridgehead atoms. The average Bonchev–Trinajstić information content (AvgIpc) is 2.41. The quantitative estimate of drug-likeness (QED) is 0.639. The predicted molar refractivity (Wildman–Crippen MR) is 68.7 cm³/mol. The van der Waals surface area contributed by atoms with Crippen molar-refractivity contribution in [3.63, 3.8) is 0 Å². The van der Waals surface area contributed by atoms with E-state index in [-0.39, 0.29) is 12.8 Å². The number of anilines is 1. The Morgan fingerprint density at radius 2 is 2.10 bits per heavy atom. The molecule has 108 valence electrons. The lowest BCUT2D eigenvalue weighted by Gasteiger charge is -2.31. The number of nitro groups is 1. The third kappa shape index (κ3) is 2.75. The Balaban J connectivity index is 2.25. The van der Waals surface area contributed by atoms with Crippen molar-refractivity contribution < 1.29 is 18.8 Å². The van der Waals surface area contributed by atoms with E-state index < -0.39 is 33.6 Å². The first-order valence-corrected chi connectivity index (χ1v) is 6.05. The molecule has 0 aliphatic carbocycles. The summed E-state index contributed by atoms with van der Waals surface area (Å²) in [6, 6.07) is 3.36. The molecule has 0 saturated carbocycles. The maximum atomic E-state index is 13.7. The number of hydrogen-bond acceptors (Lipinski definition) is 5. The number of ether oxygens (including phenoxy) is 1. The number of benzene rings is 1. The highest BCUT2D eigenvalue weighted by Crippen LogP contribution is 2.29. The second-order valence-corrected chi connectivity index (χ2v) is 4.61. The number of nitrogens with two attached hydrogens (primary N) is 1. The molecule has 3 N–H and O–H groups in total. The SMILES string of the molecule is NC1(C(=O)Nc2c(F)cccc2[N+](=O)[O-])CCOCC1. The van der Waals surface area contributed by atoms with Crippen LogP contribution in [0, 0.1) is 15.9 Å². The molecule has 1 saturated heterocycles. The molecule has 1 aromatic rings. The zero-order valence-corrected chi connectivity index (χ0v) is 10.6. The molecule has 1 aliphatic rings. The van der Waals surface area contributed by atoms with E-state index in [9.17, 15) is 19.3 Å². The Hall–Kier alpha value is -2.06. The van der Waals surface area contributed by atoms with Gasteiger partial charge in [0.2, 0.25) is 5.91 Å². The van der Waals surface area contributed by atoms with Gasteiger partial charge in [0, 0.05) is 19.3 Å². The van der Waals surface area contributed by atoms with E-state index in [1.54, 1.807) is 0 Å². The summed E-state index contributed by atoms with van der Waals surface area (Å²) in [4.78, 5) is 22.2. The third-order valence-corrected chi connectivity index (χ3v) is 3.26. The van der Waals surface area contributed by atoms with Crippen LogP contribution in [0.5, 0.6) is 0 Å². The van der Waals surface area contributed by atoms with Gasteiger partial charge in [0.1, 0.15) is 5.54 Å². The molecule has 1 amide bonds. The van der Waals surface area contributed by atoms with Crippen molar-refractivity contribution in [3.05, 3.63) is 34.1 Å². The van der Waals surface area contributed by atoms with Crippen molar-refractivity contribution in [1.29, 1.82) is 0 Å². The van der Waals surface area contributed by atoms with Gasteiger partial charge in [-0.1, -0.05) is 6.07 Å². The van der Waals surface area contributed by atoms with Crippen LogP contribution >= 0.6 is 0 Å². The van der Waals surface area contributed by atoms with Crippen molar-refractivity contribution in [2.75, 3.05) is 18.5 Å². The van der Waals surface area contributed by atoms with Crippen LogP contribution in [-0.2, 0) is 9.53 Å². The van der Waals surface area contributed by atoms with Crippen molar-refractivity contribution in [1.82, 2.24) is 0 Å². The standard InChI is InChI=1S/C12H14FN3O4/c13-8-2-1-3-9(16(18)19)10(8)15-11(17)12(14)4-6-20-7-5-12/h1-3H,4-7,14H2,(H,15,17). The fourth-order valence-corrected chi connectivity index (χ4v) is 1.99. The Morgan fingerprint density at radius 1 is 1.45 bits per heavy atom. The maximum Gasteiger partial charge on any atom is 0.295 e. The minimum absolute atomic E-state index is 0.279. The molecule has 20 heavy (non-hydrogen) atoms. The molecule has 8 heteroatoms. The number of nitro benzene ring substituents is 1. The first kappa shape index (κ1) is 14.4. The van der Waals surface area contributed by atoms with Gasteiger partial charge in [0.15, 0.2) is 11.5 Å². The lowest BCUT2D eigenvalue weighted by Crippen LogP contribution is -2.54. The van der Waals surface area contributed by atoms with Crippen LogP contribution in [0.2, 0.25) is 0 Å². The van der Waals surface area contributed by atoms with Gasteiger partial charge in [-0.3, -0.25) is 14.9 Å². The smallest absolute Gasteiger partial charge is 0.295 e. The highest BCUT2D eigenvalue weighted by atomic mass is 19.1. The molecule has 0 spiro atoms. The number of nitrogens with one attached hydrogen (secondary N) is 1. The van der Waals surface area contributed by atoms with Crippen LogP contribution in [0.25, 0.3) is 0 Å². The number of hydrogen-bond donors (Lipinski definition) is 2. The number of rotatable bonds is 3. The second-order valence-electron chi connectivity index (χ2n) is 4.61. The monoisotopic (exact) mass is 283 g/mol. The molecule has 1 heterocycles. The second kappa shape index (κ2) is 5.51. The van der Waals surface area contributed by atoms with E-state index in [1.165, 1.54) is 6.07 Å². The van der Waals surface area contributed by atoms with Gasteiger partial charge in [-0.15, -0.1) is 0 Å². The molecule has 1 aromatic carbocycles. The first-order valence-electron chi connectivity index (χ1n) is 6.05. The van der Waals surface area contributed by atoms with E-state index >= 15 is 0 Å². The topological polar surface area (TPSA) is 107 Å². The molecule has 1 aliphatic heterocycles. The van der Waals surface area contributed by atoms with Crippen LogP contribution in [0.3, 0.4) is 0 Å². The lowest BCUT2D eigenvalue weighted by atomic mass is 9.90. The minimum Gasteiger partial charge on any atom is -0.381 e. The third-order valence-electron chi connectivity index (χ3n) is 3.26. The predicted octanol–water partition coefficient (Wildman–Crippen LogP) is 1.18. The van der Waals surface area contributed by atoms with Crippen LogP contribution in [0.15, 0.2) is 18.2 Å². The summed E-state index contributed by atoms with van der Waals surface area (Å²) in [5.41, 5.74) is 3.78. The molecular weight excluding hydrogens is 269 g/mol. The highest BCUT2D eigenvalue weighted by Gasteiger charge is 2.37. The summed E-state index contributed by atoms with van der Waals surface area (Å²) in [7, 11) is 0. The molecule has 0 unspecified atom stereocenters. The van der Waals surface area contributed by atoms with Crippen LogP contribution in [-0.4, -0.2) is 29.6 Å². The average molecular weight is 283 g/mol. The highest BCUT2D eigenvalue weighted by molar-refractivity contribution is 5.99. The fraction of sp³-hybridized carbons (Fsp3) is 0.417. The Morgan fingerprint density at radius 3 is 2.70 bits per heavy atom. The molecule has 0 radical (unpaired) electrons. The van der Waals surface area contributed by atoms with E-state index in [4.69, 9.17) is 10.5 Å². The summed E-state index contributed by atoms with van der Waals surface area (Å²) < 4.78 is 18.8. The van der Waals surface area contributed by atoms with Crippen molar-refractivity contribution in [2.45, 2.75) is 18.4 Å². The summed E-state index contributed by atoms with van der Waals surface area (Å²) >= 11 is 0. The summed E-state index contributed by atoms with van der Waals surface area (Å²) in [5, 5.41) is 13.1. The van der Waals surface area contributed by atoms with E-state index in [0.717, 1.165) is 12.1 Å². The van der Waals surface area contributed by atoms with Crippen molar-refractivity contribution in [2.24, 2.45) is 5.73 Å². The van der Waals surface area contributed by atoms with E-state index in [2.05, 4.69) is 5.32 Å². The molecule has 0 atom stereocenters. The van der Waals surface area contributed by atoms with Gasteiger partial charge in [0.25, 0.3) is 5.69 Å². The van der Waals surface area contributed by atoms with Gasteiger partial charge in [0.05, 0.1) is 4.92 Å².